The van der Waals surface area contributed by atoms with Gasteiger partial charge in [0.2, 0.25) is 10.0 Å². The molecule has 0 aromatic heterocycles. The second-order valence-corrected chi connectivity index (χ2v) is 7.49. The van der Waals surface area contributed by atoms with Crippen molar-refractivity contribution in [1.82, 2.24) is 4.72 Å². The molecule has 0 amide bonds. The van der Waals surface area contributed by atoms with Gasteiger partial charge >= 0.3 is 0 Å². The van der Waals surface area contributed by atoms with Crippen molar-refractivity contribution in [3.05, 3.63) is 35.9 Å². The Balaban J connectivity index is 1.97. The lowest BCUT2D eigenvalue weighted by Gasteiger charge is -2.20. The third-order valence-corrected chi connectivity index (χ3v) is 5.66. The van der Waals surface area contributed by atoms with E-state index in [2.05, 4.69) is 4.72 Å². The fraction of sp³-hybridized carbons (Fsp3) is 0.600. The summed E-state index contributed by atoms with van der Waals surface area (Å²) in [7, 11) is -3.32. The van der Waals surface area contributed by atoms with Crippen molar-refractivity contribution in [2.45, 2.75) is 38.1 Å². The van der Waals surface area contributed by atoms with E-state index in [1.165, 1.54) is 0 Å². The van der Waals surface area contributed by atoms with Crippen LogP contribution in [0.3, 0.4) is 0 Å². The molecule has 1 aromatic rings. The summed E-state index contributed by atoms with van der Waals surface area (Å²) in [5, 5.41) is 9.26. The minimum Gasteiger partial charge on any atom is -0.396 e. The summed E-state index contributed by atoms with van der Waals surface area (Å²) in [6.07, 6.45) is 2.70. The van der Waals surface area contributed by atoms with Crippen LogP contribution in [0, 0.1) is 5.92 Å². The highest BCUT2D eigenvalue weighted by molar-refractivity contribution is 7.89. The summed E-state index contributed by atoms with van der Waals surface area (Å²) in [6.45, 7) is 1.98. The summed E-state index contributed by atoms with van der Waals surface area (Å²) < 4.78 is 27.2. The number of benzene rings is 1. The summed E-state index contributed by atoms with van der Waals surface area (Å²) in [5.41, 5.74) is 1.03. The lowest BCUT2D eigenvalue weighted by atomic mass is 10.0. The van der Waals surface area contributed by atoms with Gasteiger partial charge in [0, 0.05) is 12.6 Å². The highest BCUT2D eigenvalue weighted by atomic mass is 32.2. The molecule has 0 bridgehead atoms. The summed E-state index contributed by atoms with van der Waals surface area (Å²) >= 11 is 0. The van der Waals surface area contributed by atoms with Crippen molar-refractivity contribution < 1.29 is 13.5 Å². The van der Waals surface area contributed by atoms with Gasteiger partial charge in [0.1, 0.15) is 0 Å². The molecular formula is C15H23NO3S. The largest absolute Gasteiger partial charge is 0.396 e. The summed E-state index contributed by atoms with van der Waals surface area (Å²) in [5.74, 6) is 0.116. The van der Waals surface area contributed by atoms with E-state index in [4.69, 9.17) is 0 Å². The van der Waals surface area contributed by atoms with Gasteiger partial charge in [-0.2, -0.15) is 0 Å². The van der Waals surface area contributed by atoms with Crippen LogP contribution in [0.2, 0.25) is 0 Å². The fourth-order valence-corrected chi connectivity index (χ4v) is 4.61. The van der Waals surface area contributed by atoms with Crippen LogP contribution < -0.4 is 4.72 Å². The minimum atomic E-state index is -3.32. The van der Waals surface area contributed by atoms with Gasteiger partial charge in [0.25, 0.3) is 0 Å². The van der Waals surface area contributed by atoms with Crippen molar-refractivity contribution in [2.75, 3.05) is 12.4 Å². The number of hydrogen-bond acceptors (Lipinski definition) is 3. The molecule has 0 heterocycles. The third-order valence-electron chi connectivity index (χ3n) is 4.06. The van der Waals surface area contributed by atoms with Crippen LogP contribution in [0.5, 0.6) is 0 Å². The molecule has 1 aliphatic rings. The Morgan fingerprint density at radius 2 is 2.00 bits per heavy atom. The maximum atomic E-state index is 12.2. The van der Waals surface area contributed by atoms with Crippen LogP contribution >= 0.6 is 0 Å². The van der Waals surface area contributed by atoms with Crippen LogP contribution in [0.4, 0.5) is 0 Å². The Morgan fingerprint density at radius 3 is 2.65 bits per heavy atom. The lowest BCUT2D eigenvalue weighted by molar-refractivity contribution is 0.213. The zero-order valence-electron chi connectivity index (χ0n) is 11.8. The van der Waals surface area contributed by atoms with Crippen LogP contribution in [-0.4, -0.2) is 31.9 Å². The summed E-state index contributed by atoms with van der Waals surface area (Å²) in [4.78, 5) is 0. The van der Waals surface area contributed by atoms with Crippen molar-refractivity contribution in [3.63, 3.8) is 0 Å². The SMILES string of the molecule is CC(CS(=O)(=O)NC1CCCC1CO)c1ccccc1. The maximum absolute atomic E-state index is 12.2. The number of hydrogen-bond donors (Lipinski definition) is 2. The zero-order valence-corrected chi connectivity index (χ0v) is 12.6. The topological polar surface area (TPSA) is 66.4 Å². The van der Waals surface area contributed by atoms with Gasteiger partial charge < -0.3 is 5.11 Å². The Bertz CT molecular complexity index is 515. The normalized spacial score (nSPS) is 24.7. The third kappa shape index (κ3) is 4.04. The molecule has 1 saturated carbocycles. The molecule has 1 aliphatic carbocycles. The quantitative estimate of drug-likeness (QED) is 0.842. The fourth-order valence-electron chi connectivity index (χ4n) is 2.90. The number of sulfonamides is 1. The molecule has 4 nitrogen and oxygen atoms in total. The average Bonchev–Trinajstić information content (AvgIpc) is 2.85. The first kappa shape index (κ1) is 15.5. The Morgan fingerprint density at radius 1 is 1.30 bits per heavy atom. The van der Waals surface area contributed by atoms with Gasteiger partial charge in [0.15, 0.2) is 0 Å². The van der Waals surface area contributed by atoms with E-state index in [0.29, 0.717) is 0 Å². The van der Waals surface area contributed by atoms with Crippen molar-refractivity contribution >= 4 is 10.0 Å². The molecule has 3 unspecified atom stereocenters. The molecule has 0 spiro atoms. The molecule has 0 saturated heterocycles. The molecular weight excluding hydrogens is 274 g/mol. The average molecular weight is 297 g/mol. The van der Waals surface area contributed by atoms with Gasteiger partial charge in [-0.3, -0.25) is 0 Å². The van der Waals surface area contributed by atoms with Crippen LogP contribution in [0.25, 0.3) is 0 Å². The Labute approximate surface area is 121 Å². The maximum Gasteiger partial charge on any atom is 0.212 e. The summed E-state index contributed by atoms with van der Waals surface area (Å²) in [6, 6.07) is 9.56. The van der Waals surface area contributed by atoms with Crippen molar-refractivity contribution in [2.24, 2.45) is 5.92 Å². The zero-order chi connectivity index (χ0) is 14.6. The van der Waals surface area contributed by atoms with Crippen LogP contribution in [0.1, 0.15) is 37.7 Å². The molecule has 112 valence electrons. The van der Waals surface area contributed by atoms with Gasteiger partial charge in [-0.15, -0.1) is 0 Å². The van der Waals surface area contributed by atoms with Crippen LogP contribution in [0.15, 0.2) is 30.3 Å². The first-order chi connectivity index (χ1) is 9.52. The first-order valence-electron chi connectivity index (χ1n) is 7.17. The molecule has 3 atom stereocenters. The molecule has 0 aliphatic heterocycles. The Kier molecular flexibility index (Phi) is 5.18. The minimum absolute atomic E-state index is 0.0392. The van der Waals surface area contributed by atoms with Gasteiger partial charge in [-0.05, 0) is 30.2 Å². The molecule has 5 heteroatoms. The first-order valence-corrected chi connectivity index (χ1v) is 8.83. The van der Waals surface area contributed by atoms with Crippen molar-refractivity contribution in [3.8, 4) is 0 Å². The van der Waals surface area contributed by atoms with E-state index in [1.54, 1.807) is 0 Å². The predicted octanol–water partition coefficient (Wildman–Crippen LogP) is 1.87. The number of rotatable bonds is 6. The molecule has 2 rings (SSSR count). The van der Waals surface area contributed by atoms with E-state index in [-0.39, 0.29) is 30.2 Å². The highest BCUT2D eigenvalue weighted by Gasteiger charge is 2.30. The molecule has 2 N–H and O–H groups in total. The number of aliphatic hydroxyl groups excluding tert-OH is 1. The van der Waals surface area contributed by atoms with E-state index in [0.717, 1.165) is 24.8 Å². The van der Waals surface area contributed by atoms with E-state index >= 15 is 0 Å². The molecule has 1 fully saturated rings. The van der Waals surface area contributed by atoms with E-state index < -0.39 is 10.0 Å². The second kappa shape index (κ2) is 6.70. The standard InChI is InChI=1S/C15H23NO3S/c1-12(13-6-3-2-4-7-13)11-20(18,19)16-15-9-5-8-14(15)10-17/h2-4,6-7,12,14-17H,5,8-11H2,1H3. The van der Waals surface area contributed by atoms with E-state index in [9.17, 15) is 13.5 Å². The number of aliphatic hydroxyl groups is 1. The number of nitrogens with one attached hydrogen (secondary N) is 1. The predicted molar refractivity (Wildman–Crippen MR) is 80.0 cm³/mol. The molecule has 0 radical (unpaired) electrons. The molecule has 1 aromatic carbocycles. The molecule has 20 heavy (non-hydrogen) atoms. The smallest absolute Gasteiger partial charge is 0.212 e. The lowest BCUT2D eigenvalue weighted by Crippen LogP contribution is -2.40. The van der Waals surface area contributed by atoms with Crippen LogP contribution in [-0.2, 0) is 10.0 Å². The van der Waals surface area contributed by atoms with Gasteiger partial charge in [-0.1, -0.05) is 43.7 Å². The van der Waals surface area contributed by atoms with Gasteiger partial charge in [-0.25, -0.2) is 13.1 Å². The monoisotopic (exact) mass is 297 g/mol. The Hall–Kier alpha value is -0.910. The van der Waals surface area contributed by atoms with E-state index in [1.807, 2.05) is 37.3 Å². The van der Waals surface area contributed by atoms with Gasteiger partial charge in [0.05, 0.1) is 5.75 Å². The van der Waals surface area contributed by atoms with Crippen molar-refractivity contribution in [1.29, 1.82) is 0 Å². The second-order valence-electron chi connectivity index (χ2n) is 5.69. The highest BCUT2D eigenvalue weighted by Crippen LogP contribution is 2.26.